The number of thiazole rings is 1. The summed E-state index contributed by atoms with van der Waals surface area (Å²) in [6.07, 6.45) is 2.55. The summed E-state index contributed by atoms with van der Waals surface area (Å²) in [5, 5.41) is 9.64. The fourth-order valence-corrected chi connectivity index (χ4v) is 2.61. The summed E-state index contributed by atoms with van der Waals surface area (Å²) >= 11 is 3.41. The van der Waals surface area contributed by atoms with Crippen molar-refractivity contribution in [2.24, 2.45) is 0 Å². The third-order valence-electron chi connectivity index (χ3n) is 1.44. The van der Waals surface area contributed by atoms with Gasteiger partial charge >= 0.3 is 0 Å². The maximum absolute atomic E-state index is 8.51. The Balaban J connectivity index is 2.79. The predicted molar refractivity (Wildman–Crippen MR) is 53.4 cm³/mol. The van der Waals surface area contributed by atoms with Crippen molar-refractivity contribution in [3.63, 3.8) is 0 Å². The van der Waals surface area contributed by atoms with Crippen LogP contribution in [0.15, 0.2) is 0 Å². The molecule has 1 rings (SSSR count). The van der Waals surface area contributed by atoms with Crippen LogP contribution in [0.1, 0.15) is 15.6 Å². The number of nitrogens with zero attached hydrogens (tertiary/aromatic N) is 2. The molecule has 0 aliphatic carbocycles. The van der Waals surface area contributed by atoms with Gasteiger partial charge in [0.2, 0.25) is 0 Å². The molecule has 0 aromatic carbocycles. The first-order chi connectivity index (χ1) is 5.77. The van der Waals surface area contributed by atoms with Crippen LogP contribution in [0.4, 0.5) is 0 Å². The molecule has 4 heteroatoms. The van der Waals surface area contributed by atoms with Gasteiger partial charge in [0.15, 0.2) is 0 Å². The lowest BCUT2D eigenvalue weighted by molar-refractivity contribution is 1.14. The number of aryl methyl sites for hydroxylation is 1. The number of hydrogen-bond acceptors (Lipinski definition) is 4. The van der Waals surface area contributed by atoms with Crippen LogP contribution in [0, 0.1) is 18.3 Å². The van der Waals surface area contributed by atoms with Crippen molar-refractivity contribution in [1.82, 2.24) is 4.98 Å². The molecule has 0 saturated heterocycles. The van der Waals surface area contributed by atoms with Crippen molar-refractivity contribution in [2.75, 3.05) is 6.26 Å². The van der Waals surface area contributed by atoms with Crippen LogP contribution in [0.25, 0.3) is 0 Å². The zero-order valence-corrected chi connectivity index (χ0v) is 8.76. The first-order valence-corrected chi connectivity index (χ1v) is 5.80. The summed E-state index contributed by atoms with van der Waals surface area (Å²) in [6.45, 7) is 1.97. The molecule has 1 aromatic heterocycles. The number of thioether (sulfide) groups is 1. The van der Waals surface area contributed by atoms with Gasteiger partial charge in [-0.15, -0.1) is 11.3 Å². The highest BCUT2D eigenvalue weighted by atomic mass is 32.2. The first kappa shape index (κ1) is 9.56. The summed E-state index contributed by atoms with van der Waals surface area (Å²) in [5.74, 6) is 0.955. The Morgan fingerprint density at radius 2 is 2.42 bits per heavy atom. The number of rotatable bonds is 3. The molecule has 12 heavy (non-hydrogen) atoms. The molecule has 0 fully saturated rings. The van der Waals surface area contributed by atoms with Gasteiger partial charge in [-0.25, -0.2) is 4.98 Å². The molecule has 0 aliphatic heterocycles. The zero-order valence-electron chi connectivity index (χ0n) is 7.13. The molecular formula is C8H10N2S2. The van der Waals surface area contributed by atoms with Crippen LogP contribution < -0.4 is 0 Å². The standard InChI is InChI=1S/C8H10N2S2/c1-6-7(3-4-9)12-8(10-6)5-11-2/h3,5H2,1-2H3. The Morgan fingerprint density at radius 3 is 3.00 bits per heavy atom. The smallest absolute Gasteiger partial charge is 0.103 e. The average molecular weight is 198 g/mol. The SMILES string of the molecule is CSCc1nc(C)c(CC#N)s1. The lowest BCUT2D eigenvalue weighted by Gasteiger charge is -1.85. The van der Waals surface area contributed by atoms with E-state index >= 15 is 0 Å². The molecule has 0 saturated carbocycles. The first-order valence-electron chi connectivity index (χ1n) is 3.59. The fraction of sp³-hybridized carbons (Fsp3) is 0.500. The van der Waals surface area contributed by atoms with Crippen LogP contribution in [-0.2, 0) is 12.2 Å². The molecule has 0 unspecified atom stereocenters. The lowest BCUT2D eigenvalue weighted by Crippen LogP contribution is -1.80. The van der Waals surface area contributed by atoms with E-state index in [1.165, 1.54) is 0 Å². The molecule has 2 nitrogen and oxygen atoms in total. The Labute approximate surface area is 80.6 Å². The van der Waals surface area contributed by atoms with Crippen LogP contribution in [0.5, 0.6) is 0 Å². The fourth-order valence-electron chi connectivity index (χ4n) is 0.909. The molecule has 64 valence electrons. The monoisotopic (exact) mass is 198 g/mol. The predicted octanol–water partition coefficient (Wildman–Crippen LogP) is 2.38. The van der Waals surface area contributed by atoms with Gasteiger partial charge in [0.05, 0.1) is 18.2 Å². The van der Waals surface area contributed by atoms with Gasteiger partial charge in [-0.2, -0.15) is 17.0 Å². The van der Waals surface area contributed by atoms with Gasteiger partial charge in [-0.3, -0.25) is 0 Å². The minimum atomic E-state index is 0.498. The Morgan fingerprint density at radius 1 is 1.67 bits per heavy atom. The molecule has 0 amide bonds. The van der Waals surface area contributed by atoms with Crippen molar-refractivity contribution in [3.8, 4) is 6.07 Å². The molecule has 0 radical (unpaired) electrons. The second kappa shape index (κ2) is 4.48. The van der Waals surface area contributed by atoms with Gasteiger partial charge in [-0.05, 0) is 13.2 Å². The third kappa shape index (κ3) is 2.23. The molecule has 0 aliphatic rings. The van der Waals surface area contributed by atoms with Gasteiger partial charge in [-0.1, -0.05) is 0 Å². The van der Waals surface area contributed by atoms with Crippen molar-refractivity contribution >= 4 is 23.1 Å². The molecule has 1 heterocycles. The third-order valence-corrected chi connectivity index (χ3v) is 3.35. The maximum Gasteiger partial charge on any atom is 0.103 e. The number of aromatic nitrogens is 1. The molecule has 0 N–H and O–H groups in total. The summed E-state index contributed by atoms with van der Waals surface area (Å²) in [6, 6.07) is 2.14. The van der Waals surface area contributed by atoms with Crippen LogP contribution in [-0.4, -0.2) is 11.2 Å². The molecule has 1 aromatic rings. The topological polar surface area (TPSA) is 36.7 Å². The van der Waals surface area contributed by atoms with E-state index in [1.807, 2.05) is 6.92 Å². The Hall–Kier alpha value is -0.530. The number of hydrogen-bond donors (Lipinski definition) is 0. The number of nitriles is 1. The van der Waals surface area contributed by atoms with E-state index < -0.39 is 0 Å². The van der Waals surface area contributed by atoms with Crippen molar-refractivity contribution in [3.05, 3.63) is 15.6 Å². The van der Waals surface area contributed by atoms with E-state index in [-0.39, 0.29) is 0 Å². The zero-order chi connectivity index (χ0) is 8.97. The van der Waals surface area contributed by atoms with E-state index in [0.29, 0.717) is 6.42 Å². The van der Waals surface area contributed by atoms with Crippen molar-refractivity contribution < 1.29 is 0 Å². The van der Waals surface area contributed by atoms with Gasteiger partial charge in [0, 0.05) is 10.6 Å². The second-order valence-electron chi connectivity index (χ2n) is 2.38. The summed E-state index contributed by atoms with van der Waals surface area (Å²) in [7, 11) is 0. The summed E-state index contributed by atoms with van der Waals surface area (Å²) < 4.78 is 0. The van der Waals surface area contributed by atoms with Crippen molar-refractivity contribution in [1.29, 1.82) is 5.26 Å². The van der Waals surface area contributed by atoms with E-state index in [1.54, 1.807) is 23.1 Å². The molecule has 0 spiro atoms. The van der Waals surface area contributed by atoms with Gasteiger partial charge in [0.1, 0.15) is 5.01 Å². The Kier molecular flexibility index (Phi) is 3.57. The minimum absolute atomic E-state index is 0.498. The van der Waals surface area contributed by atoms with Gasteiger partial charge < -0.3 is 0 Å². The van der Waals surface area contributed by atoms with E-state index in [4.69, 9.17) is 5.26 Å². The van der Waals surface area contributed by atoms with Gasteiger partial charge in [0.25, 0.3) is 0 Å². The van der Waals surface area contributed by atoms with Crippen LogP contribution in [0.2, 0.25) is 0 Å². The molecule has 0 bridgehead atoms. The van der Waals surface area contributed by atoms with E-state index in [9.17, 15) is 0 Å². The van der Waals surface area contributed by atoms with Crippen molar-refractivity contribution in [2.45, 2.75) is 19.1 Å². The molecule has 0 atom stereocenters. The lowest BCUT2D eigenvalue weighted by atomic mass is 10.3. The highest BCUT2D eigenvalue weighted by molar-refractivity contribution is 7.97. The average Bonchev–Trinajstić information content (AvgIpc) is 2.34. The second-order valence-corrected chi connectivity index (χ2v) is 4.42. The van der Waals surface area contributed by atoms with E-state index in [2.05, 4.69) is 17.3 Å². The maximum atomic E-state index is 8.51. The molecular weight excluding hydrogens is 188 g/mol. The quantitative estimate of drug-likeness (QED) is 0.748. The van der Waals surface area contributed by atoms with E-state index in [0.717, 1.165) is 21.3 Å². The largest absolute Gasteiger partial charge is 0.245 e. The Bertz CT molecular complexity index is 298. The minimum Gasteiger partial charge on any atom is -0.245 e. The highest BCUT2D eigenvalue weighted by Crippen LogP contribution is 2.21. The normalized spacial score (nSPS) is 9.75. The summed E-state index contributed by atoms with van der Waals surface area (Å²) in [5.41, 5.74) is 1.02. The van der Waals surface area contributed by atoms with Crippen LogP contribution in [0.3, 0.4) is 0 Å². The highest BCUT2D eigenvalue weighted by Gasteiger charge is 2.05. The summed E-state index contributed by atoms with van der Waals surface area (Å²) in [4.78, 5) is 5.48. The van der Waals surface area contributed by atoms with Crippen LogP contribution >= 0.6 is 23.1 Å².